The van der Waals surface area contributed by atoms with Crippen molar-refractivity contribution in [1.29, 1.82) is 0 Å². The van der Waals surface area contributed by atoms with Gasteiger partial charge in [0.15, 0.2) is 0 Å². The number of rotatable bonds is 4. The van der Waals surface area contributed by atoms with Crippen LogP contribution < -0.4 is 0 Å². The second-order valence-electron chi connectivity index (χ2n) is 11.4. The normalized spacial score (nSPS) is 52.0. The third-order valence-corrected chi connectivity index (χ3v) is 10.4. The van der Waals surface area contributed by atoms with E-state index < -0.39 is 0 Å². The zero-order chi connectivity index (χ0) is 18.5. The summed E-state index contributed by atoms with van der Waals surface area (Å²) in [7, 11) is 0. The van der Waals surface area contributed by atoms with Crippen molar-refractivity contribution in [3.05, 3.63) is 0 Å². The molecule has 0 heterocycles. The van der Waals surface area contributed by atoms with Crippen molar-refractivity contribution in [1.82, 2.24) is 0 Å². The lowest BCUT2D eigenvalue weighted by molar-refractivity contribution is -0.129. The molecule has 1 N–H and O–H groups in total. The van der Waals surface area contributed by atoms with Gasteiger partial charge in [-0.25, -0.2) is 0 Å². The summed E-state index contributed by atoms with van der Waals surface area (Å²) in [6, 6.07) is 0. The molecule has 1 heteroatoms. The predicted molar refractivity (Wildman–Crippen MR) is 110 cm³/mol. The second-order valence-corrected chi connectivity index (χ2v) is 11.4. The molecule has 4 aliphatic carbocycles. The van der Waals surface area contributed by atoms with Crippen LogP contribution in [0.5, 0.6) is 0 Å². The van der Waals surface area contributed by atoms with Crippen LogP contribution in [0.1, 0.15) is 105 Å². The van der Waals surface area contributed by atoms with Gasteiger partial charge in [-0.2, -0.15) is 0 Å². The van der Waals surface area contributed by atoms with Gasteiger partial charge in [0.1, 0.15) is 0 Å². The van der Waals surface area contributed by atoms with Crippen molar-refractivity contribution >= 4 is 0 Å². The van der Waals surface area contributed by atoms with E-state index in [0.717, 1.165) is 48.3 Å². The highest BCUT2D eigenvalue weighted by Crippen LogP contribution is 2.68. The Morgan fingerprint density at radius 1 is 0.923 bits per heavy atom. The molecule has 4 aliphatic rings. The highest BCUT2D eigenvalue weighted by atomic mass is 16.3. The Morgan fingerprint density at radius 3 is 2.42 bits per heavy atom. The molecule has 0 radical (unpaired) electrons. The molecule has 9 unspecified atom stereocenters. The molecule has 0 aliphatic heterocycles. The van der Waals surface area contributed by atoms with Crippen molar-refractivity contribution in [2.24, 2.45) is 46.3 Å². The molecule has 9 atom stereocenters. The number of aliphatic hydroxyl groups is 1. The van der Waals surface area contributed by atoms with Crippen LogP contribution in [-0.4, -0.2) is 11.2 Å². The monoisotopic (exact) mass is 360 g/mol. The molecular formula is C25H44O. The zero-order valence-electron chi connectivity index (χ0n) is 18.0. The summed E-state index contributed by atoms with van der Waals surface area (Å²) in [5, 5.41) is 10.2. The highest BCUT2D eigenvalue weighted by molar-refractivity contribution is 5.09. The maximum atomic E-state index is 10.2. The number of hydrogen-bond donors (Lipinski definition) is 1. The largest absolute Gasteiger partial charge is 0.393 e. The first-order valence-electron chi connectivity index (χ1n) is 12.1. The number of hydrogen-bond acceptors (Lipinski definition) is 1. The van der Waals surface area contributed by atoms with Crippen LogP contribution in [0, 0.1) is 46.3 Å². The lowest BCUT2D eigenvalue weighted by Gasteiger charge is -2.61. The fraction of sp³-hybridized carbons (Fsp3) is 1.00. The van der Waals surface area contributed by atoms with Gasteiger partial charge in [0.05, 0.1) is 6.10 Å². The summed E-state index contributed by atoms with van der Waals surface area (Å²) in [6.07, 6.45) is 16.5. The average Bonchev–Trinajstić information content (AvgIpc) is 2.97. The molecule has 0 spiro atoms. The van der Waals surface area contributed by atoms with Crippen molar-refractivity contribution in [2.75, 3.05) is 0 Å². The number of fused-ring (bicyclic) bond motifs is 5. The van der Waals surface area contributed by atoms with Gasteiger partial charge in [-0.3, -0.25) is 0 Å². The summed E-state index contributed by atoms with van der Waals surface area (Å²) in [4.78, 5) is 0. The van der Waals surface area contributed by atoms with Gasteiger partial charge in [0.25, 0.3) is 0 Å². The molecular weight excluding hydrogens is 316 g/mol. The van der Waals surface area contributed by atoms with E-state index in [4.69, 9.17) is 0 Å². The van der Waals surface area contributed by atoms with Crippen LogP contribution in [0.3, 0.4) is 0 Å². The van der Waals surface area contributed by atoms with Crippen LogP contribution in [0.15, 0.2) is 0 Å². The van der Waals surface area contributed by atoms with E-state index in [1.54, 1.807) is 0 Å². The first-order valence-corrected chi connectivity index (χ1v) is 12.1. The van der Waals surface area contributed by atoms with E-state index >= 15 is 0 Å². The minimum atomic E-state index is -0.00578. The Morgan fingerprint density at radius 2 is 1.65 bits per heavy atom. The van der Waals surface area contributed by atoms with Gasteiger partial charge in [-0.15, -0.1) is 0 Å². The van der Waals surface area contributed by atoms with Crippen LogP contribution >= 0.6 is 0 Å². The number of unbranched alkanes of at least 4 members (excludes halogenated alkanes) is 1. The Balaban J connectivity index is 1.52. The first kappa shape index (κ1) is 19.3. The highest BCUT2D eigenvalue weighted by Gasteiger charge is 2.60. The predicted octanol–water partition coefficient (Wildman–Crippen LogP) is 6.83. The summed E-state index contributed by atoms with van der Waals surface area (Å²) in [5.41, 5.74) is 1.17. The van der Waals surface area contributed by atoms with Gasteiger partial charge in [0.2, 0.25) is 0 Å². The molecule has 1 nitrogen and oxygen atoms in total. The van der Waals surface area contributed by atoms with E-state index in [1.165, 1.54) is 64.2 Å². The molecule has 0 saturated heterocycles. The van der Waals surface area contributed by atoms with Crippen molar-refractivity contribution in [3.63, 3.8) is 0 Å². The summed E-state index contributed by atoms with van der Waals surface area (Å²) in [5.74, 6) is 5.67. The van der Waals surface area contributed by atoms with E-state index in [1.807, 2.05) is 0 Å². The van der Waals surface area contributed by atoms with Gasteiger partial charge in [-0.05, 0) is 104 Å². The van der Waals surface area contributed by atoms with Gasteiger partial charge >= 0.3 is 0 Å². The molecule has 0 amide bonds. The fourth-order valence-corrected chi connectivity index (χ4v) is 8.94. The number of aliphatic hydroxyl groups excluding tert-OH is 1. The topological polar surface area (TPSA) is 20.2 Å². The summed E-state index contributed by atoms with van der Waals surface area (Å²) in [6.45, 7) is 10.2. The van der Waals surface area contributed by atoms with E-state index in [0.29, 0.717) is 10.8 Å². The molecule has 150 valence electrons. The van der Waals surface area contributed by atoms with E-state index in [-0.39, 0.29) is 6.10 Å². The fourth-order valence-electron chi connectivity index (χ4n) is 8.94. The van der Waals surface area contributed by atoms with Crippen molar-refractivity contribution in [3.8, 4) is 0 Å². The third kappa shape index (κ3) is 2.90. The van der Waals surface area contributed by atoms with Gasteiger partial charge in [-0.1, -0.05) is 47.0 Å². The van der Waals surface area contributed by atoms with Crippen LogP contribution in [0.4, 0.5) is 0 Å². The molecule has 0 aromatic carbocycles. The van der Waals surface area contributed by atoms with E-state index in [2.05, 4.69) is 27.7 Å². The minimum Gasteiger partial charge on any atom is -0.393 e. The molecule has 4 saturated carbocycles. The summed E-state index contributed by atoms with van der Waals surface area (Å²) < 4.78 is 0. The molecule has 0 aromatic rings. The average molecular weight is 361 g/mol. The molecule has 4 rings (SSSR count). The SMILES string of the molecule is CCCCC(C)C1CCC2C3CCC4CC(O)CCC4(C)C3CCC12C. The van der Waals surface area contributed by atoms with E-state index in [9.17, 15) is 5.11 Å². The zero-order valence-corrected chi connectivity index (χ0v) is 18.0. The van der Waals surface area contributed by atoms with Gasteiger partial charge < -0.3 is 5.11 Å². The Labute approximate surface area is 162 Å². The van der Waals surface area contributed by atoms with Crippen LogP contribution in [0.2, 0.25) is 0 Å². The molecule has 4 fully saturated rings. The van der Waals surface area contributed by atoms with Crippen LogP contribution in [-0.2, 0) is 0 Å². The quantitative estimate of drug-likeness (QED) is 0.582. The van der Waals surface area contributed by atoms with Crippen molar-refractivity contribution in [2.45, 2.75) is 111 Å². The molecule has 0 bridgehead atoms. The molecule has 0 aromatic heterocycles. The molecule has 26 heavy (non-hydrogen) atoms. The first-order chi connectivity index (χ1) is 12.4. The minimum absolute atomic E-state index is 0.00578. The Hall–Kier alpha value is -0.0400. The second kappa shape index (κ2) is 7.09. The third-order valence-electron chi connectivity index (χ3n) is 10.4. The lowest BCUT2D eigenvalue weighted by Crippen LogP contribution is -2.54. The maximum absolute atomic E-state index is 10.2. The lowest BCUT2D eigenvalue weighted by atomic mass is 9.44. The Kier molecular flexibility index (Phi) is 5.26. The van der Waals surface area contributed by atoms with Crippen molar-refractivity contribution < 1.29 is 5.11 Å². The van der Waals surface area contributed by atoms with Gasteiger partial charge in [0, 0.05) is 0 Å². The Bertz CT molecular complexity index is 500. The van der Waals surface area contributed by atoms with Crippen LogP contribution in [0.25, 0.3) is 0 Å². The standard InChI is InChI=1S/C25H44O/c1-5-6-7-17(2)21-10-11-22-20-9-8-18-16-19(26)12-14-24(18,3)23(20)13-15-25(21,22)4/h17-23,26H,5-16H2,1-4H3. The maximum Gasteiger partial charge on any atom is 0.0543 e. The smallest absolute Gasteiger partial charge is 0.0543 e. The summed E-state index contributed by atoms with van der Waals surface area (Å²) >= 11 is 0.